The minimum absolute atomic E-state index is 0.00304. The first-order valence-corrected chi connectivity index (χ1v) is 9.52. The summed E-state index contributed by atoms with van der Waals surface area (Å²) < 4.78 is 1.90. The van der Waals surface area contributed by atoms with Crippen LogP contribution < -0.4 is 5.48 Å². The van der Waals surface area contributed by atoms with E-state index in [2.05, 4.69) is 6.92 Å². The van der Waals surface area contributed by atoms with Gasteiger partial charge in [0.25, 0.3) is 11.8 Å². The highest BCUT2D eigenvalue weighted by Crippen LogP contribution is 2.31. The quantitative estimate of drug-likeness (QED) is 0.542. The number of hydrogen-bond donors (Lipinski definition) is 2. The fourth-order valence-corrected chi connectivity index (χ4v) is 3.99. The zero-order valence-electron chi connectivity index (χ0n) is 15.8. The van der Waals surface area contributed by atoms with Gasteiger partial charge in [0.15, 0.2) is 0 Å². The Kier molecular flexibility index (Phi) is 4.88. The predicted octanol–water partition coefficient (Wildman–Crippen LogP) is 2.91. The molecule has 2 aromatic carbocycles. The van der Waals surface area contributed by atoms with Crippen molar-refractivity contribution in [1.29, 1.82) is 0 Å². The van der Waals surface area contributed by atoms with E-state index in [0.29, 0.717) is 18.7 Å². The monoisotopic (exact) mass is 377 g/mol. The van der Waals surface area contributed by atoms with Gasteiger partial charge in [0, 0.05) is 28.7 Å². The summed E-state index contributed by atoms with van der Waals surface area (Å²) in [6, 6.07) is 15.7. The summed E-state index contributed by atoms with van der Waals surface area (Å²) in [6.45, 7) is 3.18. The number of rotatable bonds is 4. The molecule has 0 unspecified atom stereocenters. The summed E-state index contributed by atoms with van der Waals surface area (Å²) in [4.78, 5) is 26.7. The molecule has 4 rings (SSSR count). The molecule has 144 valence electrons. The topological polar surface area (TPSA) is 74.6 Å². The number of nitrogens with zero attached hydrogens (tertiary/aromatic N) is 2. The van der Waals surface area contributed by atoms with E-state index in [1.165, 1.54) is 11.1 Å². The number of fused-ring (bicyclic) bond motifs is 3. The van der Waals surface area contributed by atoms with Crippen molar-refractivity contribution in [2.45, 2.75) is 32.9 Å². The molecule has 1 aromatic heterocycles. The summed E-state index contributed by atoms with van der Waals surface area (Å²) in [5.41, 5.74) is 6.65. The summed E-state index contributed by atoms with van der Waals surface area (Å²) in [7, 11) is 0. The molecule has 6 nitrogen and oxygen atoms in total. The Hall–Kier alpha value is -3.12. The molecule has 1 aliphatic rings. The molecule has 0 saturated carbocycles. The van der Waals surface area contributed by atoms with E-state index in [1.807, 2.05) is 58.0 Å². The third-order valence-corrected chi connectivity index (χ3v) is 5.49. The van der Waals surface area contributed by atoms with Crippen LogP contribution in [0.4, 0.5) is 0 Å². The summed E-state index contributed by atoms with van der Waals surface area (Å²) in [6.07, 6.45) is 1.68. The average molecular weight is 377 g/mol. The van der Waals surface area contributed by atoms with E-state index >= 15 is 0 Å². The van der Waals surface area contributed by atoms with Gasteiger partial charge in [0.05, 0.1) is 6.54 Å². The summed E-state index contributed by atoms with van der Waals surface area (Å²) in [5.74, 6) is -0.487. The van der Waals surface area contributed by atoms with Crippen LogP contribution in [0.5, 0.6) is 0 Å². The van der Waals surface area contributed by atoms with Crippen LogP contribution in [0.1, 0.15) is 34.1 Å². The molecule has 0 radical (unpaired) electrons. The SMILES string of the molecule is CCc1ccc(C(=O)N2CCc3c(n(CC(=O)NO)c4ccccc34)C2)cc1. The van der Waals surface area contributed by atoms with Crippen LogP contribution >= 0.6 is 0 Å². The number of aryl methyl sites for hydroxylation is 1. The summed E-state index contributed by atoms with van der Waals surface area (Å²) in [5, 5.41) is 10.1. The number of aromatic nitrogens is 1. The zero-order chi connectivity index (χ0) is 19.7. The van der Waals surface area contributed by atoms with Crippen molar-refractivity contribution in [2.75, 3.05) is 6.54 Å². The lowest BCUT2D eigenvalue weighted by molar-refractivity contribution is -0.129. The Bertz CT molecular complexity index is 1040. The molecule has 0 saturated heterocycles. The van der Waals surface area contributed by atoms with Crippen LogP contribution in [0.3, 0.4) is 0 Å². The van der Waals surface area contributed by atoms with E-state index in [1.54, 1.807) is 5.48 Å². The molecular formula is C22H23N3O3. The minimum Gasteiger partial charge on any atom is -0.333 e. The number of para-hydroxylation sites is 1. The van der Waals surface area contributed by atoms with E-state index in [0.717, 1.165) is 29.4 Å². The fraction of sp³-hybridized carbons (Fsp3) is 0.273. The minimum atomic E-state index is -0.484. The van der Waals surface area contributed by atoms with Crippen molar-refractivity contribution in [1.82, 2.24) is 14.9 Å². The van der Waals surface area contributed by atoms with Crippen LogP contribution in [-0.4, -0.2) is 33.0 Å². The van der Waals surface area contributed by atoms with Gasteiger partial charge in [0.1, 0.15) is 6.54 Å². The lowest BCUT2D eigenvalue weighted by atomic mass is 10.0. The Balaban J connectivity index is 1.68. The van der Waals surface area contributed by atoms with Crippen molar-refractivity contribution in [3.05, 3.63) is 70.9 Å². The molecule has 1 aliphatic heterocycles. The van der Waals surface area contributed by atoms with Crippen molar-refractivity contribution in [2.24, 2.45) is 0 Å². The first-order valence-electron chi connectivity index (χ1n) is 9.52. The van der Waals surface area contributed by atoms with Gasteiger partial charge in [-0.15, -0.1) is 0 Å². The third kappa shape index (κ3) is 3.16. The molecule has 0 fully saturated rings. The van der Waals surface area contributed by atoms with Crippen LogP contribution in [-0.2, 0) is 30.7 Å². The van der Waals surface area contributed by atoms with Crippen molar-refractivity contribution < 1.29 is 14.8 Å². The largest absolute Gasteiger partial charge is 0.333 e. The van der Waals surface area contributed by atoms with Crippen LogP contribution in [0.25, 0.3) is 10.9 Å². The summed E-state index contributed by atoms with van der Waals surface area (Å²) >= 11 is 0. The molecular weight excluding hydrogens is 354 g/mol. The zero-order valence-corrected chi connectivity index (χ0v) is 15.8. The van der Waals surface area contributed by atoms with E-state index in [9.17, 15) is 9.59 Å². The lowest BCUT2D eigenvalue weighted by Gasteiger charge is -2.28. The number of hydroxylamine groups is 1. The molecule has 28 heavy (non-hydrogen) atoms. The van der Waals surface area contributed by atoms with Gasteiger partial charge in [-0.25, -0.2) is 5.48 Å². The first-order chi connectivity index (χ1) is 13.6. The number of benzene rings is 2. The number of nitrogens with one attached hydrogen (secondary N) is 1. The number of hydrogen-bond acceptors (Lipinski definition) is 3. The normalized spacial score (nSPS) is 13.4. The Morgan fingerprint density at radius 2 is 1.86 bits per heavy atom. The van der Waals surface area contributed by atoms with Gasteiger partial charge in [-0.1, -0.05) is 37.3 Å². The third-order valence-electron chi connectivity index (χ3n) is 5.49. The van der Waals surface area contributed by atoms with Crippen molar-refractivity contribution in [3.63, 3.8) is 0 Å². The average Bonchev–Trinajstić information content (AvgIpc) is 3.06. The van der Waals surface area contributed by atoms with E-state index < -0.39 is 5.91 Å². The van der Waals surface area contributed by atoms with Crippen LogP contribution in [0.15, 0.2) is 48.5 Å². The Morgan fingerprint density at radius 3 is 2.57 bits per heavy atom. The maximum atomic E-state index is 13.0. The highest BCUT2D eigenvalue weighted by atomic mass is 16.5. The van der Waals surface area contributed by atoms with Gasteiger partial charge in [-0.05, 0) is 42.2 Å². The van der Waals surface area contributed by atoms with Crippen molar-refractivity contribution in [3.8, 4) is 0 Å². The predicted molar refractivity (Wildman–Crippen MR) is 106 cm³/mol. The smallest absolute Gasteiger partial charge is 0.263 e. The van der Waals surface area contributed by atoms with E-state index in [4.69, 9.17) is 5.21 Å². The van der Waals surface area contributed by atoms with Gasteiger partial charge in [-0.2, -0.15) is 0 Å². The van der Waals surface area contributed by atoms with Crippen LogP contribution in [0, 0.1) is 0 Å². The lowest BCUT2D eigenvalue weighted by Crippen LogP contribution is -2.37. The number of amides is 2. The van der Waals surface area contributed by atoms with Crippen molar-refractivity contribution >= 4 is 22.7 Å². The Morgan fingerprint density at radius 1 is 1.11 bits per heavy atom. The van der Waals surface area contributed by atoms with E-state index in [-0.39, 0.29) is 12.5 Å². The second-order valence-corrected chi connectivity index (χ2v) is 7.09. The maximum Gasteiger partial charge on any atom is 0.263 e. The number of carbonyl (C=O) groups excluding carboxylic acids is 2. The molecule has 0 aliphatic carbocycles. The molecule has 6 heteroatoms. The standard InChI is InChI=1S/C22H23N3O3/c1-2-15-7-9-16(10-8-15)22(27)24-12-11-18-17-5-3-4-6-19(17)25(20(18)13-24)14-21(26)23-28/h3-10,28H,2,11-14H2,1H3,(H,23,26). The second-order valence-electron chi connectivity index (χ2n) is 7.09. The second kappa shape index (κ2) is 7.48. The van der Waals surface area contributed by atoms with Gasteiger partial charge in [-0.3, -0.25) is 14.8 Å². The molecule has 0 spiro atoms. The molecule has 2 amide bonds. The first kappa shape index (κ1) is 18.3. The number of carbonyl (C=O) groups is 2. The molecule has 2 heterocycles. The van der Waals surface area contributed by atoms with Gasteiger partial charge < -0.3 is 9.47 Å². The van der Waals surface area contributed by atoms with Gasteiger partial charge >= 0.3 is 0 Å². The molecule has 0 bridgehead atoms. The molecule has 2 N–H and O–H groups in total. The highest BCUT2D eigenvalue weighted by Gasteiger charge is 2.27. The molecule has 0 atom stereocenters. The highest BCUT2D eigenvalue weighted by molar-refractivity contribution is 5.95. The molecule has 3 aromatic rings. The Labute approximate surface area is 163 Å². The maximum absolute atomic E-state index is 13.0. The fourth-order valence-electron chi connectivity index (χ4n) is 3.99. The van der Waals surface area contributed by atoms with Crippen LogP contribution in [0.2, 0.25) is 0 Å². The van der Waals surface area contributed by atoms with Gasteiger partial charge in [0.2, 0.25) is 0 Å².